The summed E-state index contributed by atoms with van der Waals surface area (Å²) in [5, 5.41) is 0. The van der Waals surface area contributed by atoms with Crippen LogP contribution in [0.2, 0.25) is 0 Å². The minimum atomic E-state index is 0.678. The highest BCUT2D eigenvalue weighted by molar-refractivity contribution is 5.65. The summed E-state index contributed by atoms with van der Waals surface area (Å²) in [7, 11) is 0. The van der Waals surface area contributed by atoms with Gasteiger partial charge in [0.2, 0.25) is 0 Å². The van der Waals surface area contributed by atoms with Gasteiger partial charge in [0.1, 0.15) is 5.82 Å². The summed E-state index contributed by atoms with van der Waals surface area (Å²) in [6, 6.07) is 2.15. The maximum atomic E-state index is 5.88. The van der Waals surface area contributed by atoms with Gasteiger partial charge in [-0.2, -0.15) is 0 Å². The third-order valence-electron chi connectivity index (χ3n) is 3.35. The third-order valence-corrected chi connectivity index (χ3v) is 3.35. The monoisotopic (exact) mass is 249 g/mol. The zero-order chi connectivity index (χ0) is 13.7. The van der Waals surface area contributed by atoms with E-state index in [0.717, 1.165) is 17.5 Å². The summed E-state index contributed by atoms with van der Waals surface area (Å²) in [4.78, 5) is 6.58. The van der Waals surface area contributed by atoms with Gasteiger partial charge in [-0.15, -0.1) is 0 Å². The summed E-state index contributed by atoms with van der Waals surface area (Å²) in [5.41, 5.74) is 8.20. The molecule has 2 unspecified atom stereocenters. The second-order valence-corrected chi connectivity index (χ2v) is 4.58. The van der Waals surface area contributed by atoms with Crippen LogP contribution in [0.4, 0.5) is 11.5 Å². The molecule has 1 aromatic heterocycles. The van der Waals surface area contributed by atoms with Crippen molar-refractivity contribution in [3.63, 3.8) is 0 Å². The number of hydrogen-bond acceptors (Lipinski definition) is 3. The van der Waals surface area contributed by atoms with Crippen molar-refractivity contribution in [1.29, 1.82) is 0 Å². The Kier molecular flexibility index (Phi) is 5.45. The van der Waals surface area contributed by atoms with Gasteiger partial charge in [0, 0.05) is 19.3 Å². The molecule has 2 aliphatic rings. The predicted molar refractivity (Wildman–Crippen MR) is 79.9 cm³/mol. The molecule has 1 aliphatic heterocycles. The number of fused-ring (bicyclic) bond motifs is 1. The standard InChI is InChI=1S/C11H15N3.2C2H6/c1-7-2-10(11(12)13-4-7)14-5-8-3-9(8)6-14;2*1-2/h2,4,8-9H,3,5-6H2,1H3,(H2,12,13);2*1-2H3. The van der Waals surface area contributed by atoms with E-state index in [0.29, 0.717) is 5.82 Å². The molecule has 3 nitrogen and oxygen atoms in total. The summed E-state index contributed by atoms with van der Waals surface area (Å²) in [6.07, 6.45) is 3.26. The molecule has 1 saturated heterocycles. The second-order valence-electron chi connectivity index (χ2n) is 4.58. The number of anilines is 2. The van der Waals surface area contributed by atoms with Crippen LogP contribution in [-0.2, 0) is 0 Å². The molecule has 2 N–H and O–H groups in total. The van der Waals surface area contributed by atoms with Gasteiger partial charge >= 0.3 is 0 Å². The van der Waals surface area contributed by atoms with Crippen LogP contribution in [-0.4, -0.2) is 18.1 Å². The first-order chi connectivity index (χ1) is 8.74. The van der Waals surface area contributed by atoms with E-state index in [1.165, 1.54) is 25.1 Å². The highest BCUT2D eigenvalue weighted by Crippen LogP contribution is 2.46. The summed E-state index contributed by atoms with van der Waals surface area (Å²) < 4.78 is 0. The van der Waals surface area contributed by atoms with Gasteiger partial charge in [-0.3, -0.25) is 0 Å². The van der Waals surface area contributed by atoms with Crippen molar-refractivity contribution in [2.24, 2.45) is 11.8 Å². The molecule has 0 amide bonds. The largest absolute Gasteiger partial charge is 0.382 e. The molecular formula is C15H27N3. The zero-order valence-corrected chi connectivity index (χ0v) is 12.4. The molecule has 1 aliphatic carbocycles. The second kappa shape index (κ2) is 6.62. The number of nitrogens with two attached hydrogens (primary N) is 1. The first kappa shape index (κ1) is 14.8. The van der Waals surface area contributed by atoms with E-state index >= 15 is 0 Å². The summed E-state index contributed by atoms with van der Waals surface area (Å²) >= 11 is 0. The molecule has 1 aromatic rings. The fraction of sp³-hybridized carbons (Fsp3) is 0.667. The lowest BCUT2D eigenvalue weighted by atomic mass is 10.2. The molecular weight excluding hydrogens is 222 g/mol. The van der Waals surface area contributed by atoms with Crippen molar-refractivity contribution in [3.05, 3.63) is 17.8 Å². The van der Waals surface area contributed by atoms with Crippen LogP contribution in [0.1, 0.15) is 39.7 Å². The Morgan fingerprint density at radius 2 is 1.72 bits per heavy atom. The van der Waals surface area contributed by atoms with E-state index < -0.39 is 0 Å². The number of hydrogen-bond donors (Lipinski definition) is 1. The molecule has 1 saturated carbocycles. The van der Waals surface area contributed by atoms with Crippen LogP contribution in [0.25, 0.3) is 0 Å². The van der Waals surface area contributed by atoms with Gasteiger partial charge in [0.05, 0.1) is 5.69 Å². The van der Waals surface area contributed by atoms with E-state index in [4.69, 9.17) is 5.73 Å². The first-order valence-corrected chi connectivity index (χ1v) is 7.21. The Morgan fingerprint density at radius 1 is 1.17 bits per heavy atom. The maximum absolute atomic E-state index is 5.88. The lowest BCUT2D eigenvalue weighted by Crippen LogP contribution is -2.23. The van der Waals surface area contributed by atoms with Crippen molar-refractivity contribution in [2.75, 3.05) is 23.7 Å². The van der Waals surface area contributed by atoms with Crippen molar-refractivity contribution in [2.45, 2.75) is 41.0 Å². The Morgan fingerprint density at radius 3 is 2.28 bits per heavy atom. The number of aromatic nitrogens is 1. The normalized spacial score (nSPS) is 23.3. The van der Waals surface area contributed by atoms with Crippen LogP contribution >= 0.6 is 0 Å². The van der Waals surface area contributed by atoms with Gasteiger partial charge in [-0.05, 0) is 36.8 Å². The number of rotatable bonds is 1. The molecule has 2 heterocycles. The van der Waals surface area contributed by atoms with Gasteiger partial charge in [-0.1, -0.05) is 27.7 Å². The molecule has 3 heteroatoms. The minimum absolute atomic E-state index is 0.678. The van der Waals surface area contributed by atoms with Crippen molar-refractivity contribution < 1.29 is 0 Å². The SMILES string of the molecule is CC.CC.Cc1cnc(N)c(N2CC3CC3C2)c1. The third kappa shape index (κ3) is 3.15. The molecule has 0 bridgehead atoms. The van der Waals surface area contributed by atoms with E-state index in [1.807, 2.05) is 33.9 Å². The molecule has 18 heavy (non-hydrogen) atoms. The lowest BCUT2D eigenvalue weighted by Gasteiger charge is -2.21. The quantitative estimate of drug-likeness (QED) is 0.828. The van der Waals surface area contributed by atoms with Crippen LogP contribution in [0.5, 0.6) is 0 Å². The number of nitrogens with zero attached hydrogens (tertiary/aromatic N) is 2. The van der Waals surface area contributed by atoms with Gasteiger partial charge < -0.3 is 10.6 Å². The predicted octanol–water partition coefficient (Wildman–Crippen LogP) is 3.48. The van der Waals surface area contributed by atoms with Gasteiger partial charge in [0.25, 0.3) is 0 Å². The van der Waals surface area contributed by atoms with Crippen molar-refractivity contribution in [1.82, 2.24) is 4.98 Å². The number of piperidine rings is 1. The fourth-order valence-electron chi connectivity index (χ4n) is 2.41. The van der Waals surface area contributed by atoms with E-state index in [-0.39, 0.29) is 0 Å². The Bertz CT molecular complexity index is 366. The average molecular weight is 249 g/mol. The molecule has 0 spiro atoms. The number of nitrogen functional groups attached to an aromatic ring is 1. The maximum Gasteiger partial charge on any atom is 0.146 e. The fourth-order valence-corrected chi connectivity index (χ4v) is 2.41. The van der Waals surface area contributed by atoms with Crippen LogP contribution in [0.15, 0.2) is 12.3 Å². The minimum Gasteiger partial charge on any atom is -0.382 e. The topological polar surface area (TPSA) is 42.1 Å². The Balaban J connectivity index is 0.000000371. The molecule has 0 aromatic carbocycles. The van der Waals surface area contributed by atoms with E-state index in [2.05, 4.69) is 22.9 Å². The Hall–Kier alpha value is -1.25. The van der Waals surface area contributed by atoms with Crippen molar-refractivity contribution >= 4 is 11.5 Å². The van der Waals surface area contributed by atoms with E-state index in [1.54, 1.807) is 0 Å². The number of aryl methyl sites for hydroxylation is 1. The van der Waals surface area contributed by atoms with Crippen LogP contribution in [0.3, 0.4) is 0 Å². The first-order valence-electron chi connectivity index (χ1n) is 7.21. The summed E-state index contributed by atoms with van der Waals surface area (Å²) in [5.74, 6) is 2.56. The van der Waals surface area contributed by atoms with Gasteiger partial charge in [0.15, 0.2) is 0 Å². The molecule has 0 radical (unpaired) electrons. The lowest BCUT2D eigenvalue weighted by molar-refractivity contribution is 0.818. The highest BCUT2D eigenvalue weighted by Gasteiger charge is 2.45. The molecule has 2 fully saturated rings. The Labute approximate surface area is 111 Å². The van der Waals surface area contributed by atoms with Crippen LogP contribution in [0, 0.1) is 18.8 Å². The van der Waals surface area contributed by atoms with E-state index in [9.17, 15) is 0 Å². The van der Waals surface area contributed by atoms with Gasteiger partial charge in [-0.25, -0.2) is 4.98 Å². The average Bonchev–Trinajstić information content (AvgIpc) is 3.04. The van der Waals surface area contributed by atoms with Crippen LogP contribution < -0.4 is 10.6 Å². The highest BCUT2D eigenvalue weighted by atomic mass is 15.2. The zero-order valence-electron chi connectivity index (χ0n) is 12.4. The summed E-state index contributed by atoms with van der Waals surface area (Å²) in [6.45, 7) is 12.4. The molecule has 3 rings (SSSR count). The molecule has 2 atom stereocenters. The number of pyridine rings is 1. The smallest absolute Gasteiger partial charge is 0.146 e. The molecule has 102 valence electrons. The van der Waals surface area contributed by atoms with Crippen molar-refractivity contribution in [3.8, 4) is 0 Å².